The third-order valence-corrected chi connectivity index (χ3v) is 7.52. The van der Waals surface area contributed by atoms with E-state index in [1.165, 1.54) is 81.3 Å². The lowest BCUT2D eigenvalue weighted by Crippen LogP contribution is -2.33. The predicted octanol–water partition coefficient (Wildman–Crippen LogP) is 5.77. The van der Waals surface area contributed by atoms with Gasteiger partial charge in [0.05, 0.1) is 4.90 Å². The van der Waals surface area contributed by atoms with Crippen LogP contribution in [0.4, 0.5) is 0 Å². The Morgan fingerprint density at radius 3 is 1.97 bits per heavy atom. The van der Waals surface area contributed by atoms with Crippen molar-refractivity contribution in [1.82, 2.24) is 0 Å². The van der Waals surface area contributed by atoms with Crippen molar-refractivity contribution in [1.29, 1.82) is 0 Å². The summed E-state index contributed by atoms with van der Waals surface area (Å²) in [6, 6.07) is 11.6. The summed E-state index contributed by atoms with van der Waals surface area (Å²) in [7, 11) is -3.86. The number of benzene rings is 2. The van der Waals surface area contributed by atoms with E-state index >= 15 is 0 Å². The van der Waals surface area contributed by atoms with Gasteiger partial charge in [0.2, 0.25) is 9.84 Å². The van der Waals surface area contributed by atoms with E-state index in [1.807, 2.05) is 0 Å². The van der Waals surface area contributed by atoms with Crippen molar-refractivity contribution in [3.05, 3.63) is 48.5 Å². The molecule has 2 aromatic carbocycles. The second-order valence-electron chi connectivity index (χ2n) is 8.42. The number of hydrogen-bond acceptors (Lipinski definition) is 5. The van der Waals surface area contributed by atoms with Crippen molar-refractivity contribution in [3.8, 4) is 11.5 Å². The molecule has 1 amide bonds. The maximum Gasteiger partial charge on any atom is 0.258 e. The number of aromatic hydroxyl groups is 1. The van der Waals surface area contributed by atoms with E-state index in [4.69, 9.17) is 10.5 Å². The quantitative estimate of drug-likeness (QED) is 0.300. The molecule has 0 heterocycles. The van der Waals surface area contributed by atoms with E-state index in [0.717, 1.165) is 19.3 Å². The molecule has 0 bridgehead atoms. The molecule has 0 aromatic heterocycles. The highest BCUT2D eigenvalue weighted by molar-refractivity contribution is 7.91. The second kappa shape index (κ2) is 13.9. The number of nitrogens with two attached hydrogens (primary N) is 1. The standard InChI is InChI=1S/C26H37NO5S/c1-2-3-4-5-6-7-8-9-10-11-15-24(26(27)29)32-21-17-19-22(20-18-21)33(30,31)25-16-13-12-14-23(25)28/h12-14,16-20,24,28H,2-11,15H2,1H3,(H2,27,29). The van der Waals surface area contributed by atoms with Gasteiger partial charge >= 0.3 is 0 Å². The number of para-hydroxylation sites is 1. The maximum atomic E-state index is 12.7. The normalized spacial score (nSPS) is 12.4. The molecule has 3 N–H and O–H groups in total. The number of rotatable bonds is 16. The maximum absolute atomic E-state index is 12.7. The molecule has 6 nitrogen and oxygen atoms in total. The Kier molecular flexibility index (Phi) is 11.2. The van der Waals surface area contributed by atoms with Crippen molar-refractivity contribution < 1.29 is 23.1 Å². The van der Waals surface area contributed by atoms with Crippen LogP contribution in [0.2, 0.25) is 0 Å². The minimum Gasteiger partial charge on any atom is -0.507 e. The molecule has 0 aliphatic heterocycles. The zero-order chi connectivity index (χ0) is 24.1. The summed E-state index contributed by atoms with van der Waals surface area (Å²) in [6.07, 6.45) is 11.8. The van der Waals surface area contributed by atoms with Crippen LogP contribution >= 0.6 is 0 Å². The summed E-state index contributed by atoms with van der Waals surface area (Å²) in [5.41, 5.74) is 5.51. The Morgan fingerprint density at radius 2 is 1.42 bits per heavy atom. The SMILES string of the molecule is CCCCCCCCCCCCC(Oc1ccc(S(=O)(=O)c2ccccc2O)cc1)C(N)=O. The van der Waals surface area contributed by atoms with Gasteiger partial charge in [0.15, 0.2) is 6.10 Å². The average Bonchev–Trinajstić information content (AvgIpc) is 2.80. The van der Waals surface area contributed by atoms with Gasteiger partial charge in [0, 0.05) is 0 Å². The lowest BCUT2D eigenvalue weighted by Gasteiger charge is -2.16. The summed E-state index contributed by atoms with van der Waals surface area (Å²) >= 11 is 0. The van der Waals surface area contributed by atoms with Crippen LogP contribution in [0.25, 0.3) is 0 Å². The number of hydrogen-bond donors (Lipinski definition) is 2. The Hall–Kier alpha value is -2.54. The van der Waals surface area contributed by atoms with Crippen LogP contribution in [-0.2, 0) is 14.6 Å². The van der Waals surface area contributed by atoms with Gasteiger partial charge in [-0.05, 0) is 49.2 Å². The lowest BCUT2D eigenvalue weighted by molar-refractivity contribution is -0.125. The zero-order valence-electron chi connectivity index (χ0n) is 19.5. The van der Waals surface area contributed by atoms with Crippen LogP contribution in [0.15, 0.2) is 58.3 Å². The number of ether oxygens (including phenoxy) is 1. The molecule has 7 heteroatoms. The number of primary amides is 1. The first kappa shape index (κ1) is 26.7. The summed E-state index contributed by atoms with van der Waals surface area (Å²) in [4.78, 5) is 11.7. The molecule has 182 valence electrons. The van der Waals surface area contributed by atoms with Gasteiger partial charge in [0.1, 0.15) is 16.4 Å². The largest absolute Gasteiger partial charge is 0.507 e. The van der Waals surface area contributed by atoms with Gasteiger partial charge in [-0.3, -0.25) is 4.79 Å². The molecule has 33 heavy (non-hydrogen) atoms. The van der Waals surface area contributed by atoms with E-state index in [2.05, 4.69) is 6.92 Å². The van der Waals surface area contributed by atoms with E-state index in [-0.39, 0.29) is 15.5 Å². The number of carbonyl (C=O) groups excluding carboxylic acids is 1. The second-order valence-corrected chi connectivity index (χ2v) is 10.3. The van der Waals surface area contributed by atoms with Crippen molar-refractivity contribution in [2.24, 2.45) is 5.73 Å². The Bertz CT molecular complexity index is 957. The molecule has 0 aliphatic carbocycles. The summed E-state index contributed by atoms with van der Waals surface area (Å²) in [5, 5.41) is 9.88. The number of amides is 1. The number of carbonyl (C=O) groups is 1. The molecule has 0 spiro atoms. The minimum atomic E-state index is -3.86. The topological polar surface area (TPSA) is 107 Å². The van der Waals surface area contributed by atoms with Crippen LogP contribution in [-0.4, -0.2) is 25.5 Å². The lowest BCUT2D eigenvalue weighted by atomic mass is 10.0. The molecule has 1 unspecified atom stereocenters. The fourth-order valence-electron chi connectivity index (χ4n) is 3.75. The fourth-order valence-corrected chi connectivity index (χ4v) is 5.10. The van der Waals surface area contributed by atoms with Crippen molar-refractivity contribution in [3.63, 3.8) is 0 Å². The number of unbranched alkanes of at least 4 members (excludes halogenated alkanes) is 9. The summed E-state index contributed by atoms with van der Waals surface area (Å²) < 4.78 is 31.2. The van der Waals surface area contributed by atoms with Gasteiger partial charge in [-0.25, -0.2) is 8.42 Å². The summed E-state index contributed by atoms with van der Waals surface area (Å²) in [5.74, 6) is -0.456. The molecule has 0 aliphatic rings. The van der Waals surface area contributed by atoms with Crippen LogP contribution < -0.4 is 10.5 Å². The highest BCUT2D eigenvalue weighted by atomic mass is 32.2. The zero-order valence-corrected chi connectivity index (χ0v) is 20.4. The van der Waals surface area contributed by atoms with Gasteiger partial charge < -0.3 is 15.6 Å². The molecular formula is C26H37NO5S. The van der Waals surface area contributed by atoms with Crippen molar-refractivity contribution >= 4 is 15.7 Å². The molecule has 0 saturated carbocycles. The fraction of sp³-hybridized carbons (Fsp3) is 0.500. The number of sulfone groups is 1. The molecule has 0 radical (unpaired) electrons. The van der Waals surface area contributed by atoms with E-state index in [0.29, 0.717) is 12.2 Å². The van der Waals surface area contributed by atoms with Crippen molar-refractivity contribution in [2.45, 2.75) is 93.4 Å². The molecule has 1 atom stereocenters. The predicted molar refractivity (Wildman–Crippen MR) is 130 cm³/mol. The number of phenolic OH excluding ortho intramolecular Hbond substituents is 1. The third-order valence-electron chi connectivity index (χ3n) is 5.70. The molecule has 0 saturated heterocycles. The first-order valence-corrected chi connectivity index (χ1v) is 13.4. The highest BCUT2D eigenvalue weighted by Crippen LogP contribution is 2.29. The smallest absolute Gasteiger partial charge is 0.258 e. The van der Waals surface area contributed by atoms with Crippen LogP contribution in [0.3, 0.4) is 0 Å². The van der Waals surface area contributed by atoms with Crippen LogP contribution in [0.1, 0.15) is 77.6 Å². The van der Waals surface area contributed by atoms with Gasteiger partial charge in [-0.15, -0.1) is 0 Å². The van der Waals surface area contributed by atoms with Crippen LogP contribution in [0.5, 0.6) is 11.5 Å². The van der Waals surface area contributed by atoms with Crippen molar-refractivity contribution in [2.75, 3.05) is 0 Å². The molecular weight excluding hydrogens is 438 g/mol. The Morgan fingerprint density at radius 1 is 0.879 bits per heavy atom. The highest BCUT2D eigenvalue weighted by Gasteiger charge is 2.22. The van der Waals surface area contributed by atoms with Gasteiger partial charge in [0.25, 0.3) is 5.91 Å². The first-order valence-electron chi connectivity index (χ1n) is 12.0. The Balaban J connectivity index is 1.81. The van der Waals surface area contributed by atoms with E-state index in [1.54, 1.807) is 12.1 Å². The monoisotopic (exact) mass is 475 g/mol. The van der Waals surface area contributed by atoms with Gasteiger partial charge in [-0.2, -0.15) is 0 Å². The minimum absolute atomic E-state index is 0.0293. The van der Waals surface area contributed by atoms with Crippen LogP contribution in [0, 0.1) is 0 Å². The summed E-state index contributed by atoms with van der Waals surface area (Å²) in [6.45, 7) is 2.22. The first-order chi connectivity index (χ1) is 15.9. The number of phenols is 1. The Labute approximate surface area is 198 Å². The molecule has 0 fully saturated rings. The molecule has 2 rings (SSSR count). The average molecular weight is 476 g/mol. The van der Waals surface area contributed by atoms with E-state index in [9.17, 15) is 18.3 Å². The van der Waals surface area contributed by atoms with Gasteiger partial charge in [-0.1, -0.05) is 76.8 Å². The third kappa shape index (κ3) is 8.72. The molecule has 2 aromatic rings. The van der Waals surface area contributed by atoms with E-state index < -0.39 is 21.8 Å².